The lowest BCUT2D eigenvalue weighted by molar-refractivity contribution is 0.392. The summed E-state index contributed by atoms with van der Waals surface area (Å²) in [6.07, 6.45) is 9.02. The topological polar surface area (TPSA) is 9.23 Å². The van der Waals surface area contributed by atoms with Crippen molar-refractivity contribution in [2.24, 2.45) is 5.92 Å². The van der Waals surface area contributed by atoms with Crippen molar-refractivity contribution in [1.82, 2.24) is 0 Å². The number of ether oxygens (including phenoxy) is 1. The van der Waals surface area contributed by atoms with Crippen LogP contribution < -0.4 is 0 Å². The van der Waals surface area contributed by atoms with Gasteiger partial charge in [0.05, 0.1) is 12.5 Å². The highest BCUT2D eigenvalue weighted by molar-refractivity contribution is 5.44. The SMILES string of the molecule is CC1C=C2C=COC=C2C1. The van der Waals surface area contributed by atoms with Crippen molar-refractivity contribution in [2.75, 3.05) is 0 Å². The van der Waals surface area contributed by atoms with Crippen LogP contribution in [0.4, 0.5) is 0 Å². The van der Waals surface area contributed by atoms with Crippen LogP contribution in [0.3, 0.4) is 0 Å². The maximum atomic E-state index is 5.05. The van der Waals surface area contributed by atoms with Crippen LogP contribution in [0.1, 0.15) is 13.3 Å². The van der Waals surface area contributed by atoms with E-state index in [1.165, 1.54) is 11.1 Å². The molecule has 10 heavy (non-hydrogen) atoms. The van der Waals surface area contributed by atoms with Gasteiger partial charge in [-0.05, 0) is 29.6 Å². The molecule has 2 aliphatic rings. The van der Waals surface area contributed by atoms with Gasteiger partial charge in [0.2, 0.25) is 0 Å². The van der Waals surface area contributed by atoms with Crippen molar-refractivity contribution in [1.29, 1.82) is 0 Å². The molecule has 0 bridgehead atoms. The van der Waals surface area contributed by atoms with E-state index in [1.807, 2.05) is 12.3 Å². The Hall–Kier alpha value is -0.980. The molecule has 1 aliphatic heterocycles. The summed E-state index contributed by atoms with van der Waals surface area (Å²) in [4.78, 5) is 0. The maximum absolute atomic E-state index is 5.05. The number of hydrogen-bond donors (Lipinski definition) is 0. The molecule has 0 saturated carbocycles. The predicted octanol–water partition coefficient (Wildman–Crippen LogP) is 2.38. The molecule has 0 aromatic rings. The van der Waals surface area contributed by atoms with Crippen LogP contribution >= 0.6 is 0 Å². The van der Waals surface area contributed by atoms with Crippen LogP contribution in [0, 0.1) is 5.92 Å². The minimum absolute atomic E-state index is 0.688. The summed E-state index contributed by atoms with van der Waals surface area (Å²) in [5.74, 6) is 0.688. The Morgan fingerprint density at radius 1 is 1.60 bits per heavy atom. The zero-order valence-corrected chi connectivity index (χ0v) is 6.00. The molecule has 0 aromatic heterocycles. The molecule has 0 aromatic carbocycles. The Labute approximate surface area is 60.7 Å². The molecule has 1 unspecified atom stereocenters. The van der Waals surface area contributed by atoms with Gasteiger partial charge in [-0.3, -0.25) is 0 Å². The van der Waals surface area contributed by atoms with Crippen LogP contribution in [-0.4, -0.2) is 0 Å². The summed E-state index contributed by atoms with van der Waals surface area (Å²) in [6, 6.07) is 0. The third-order valence-electron chi connectivity index (χ3n) is 1.91. The average Bonchev–Trinajstić information content (AvgIpc) is 2.27. The van der Waals surface area contributed by atoms with Crippen LogP contribution in [-0.2, 0) is 4.74 Å². The Morgan fingerprint density at radius 2 is 2.50 bits per heavy atom. The van der Waals surface area contributed by atoms with E-state index in [-0.39, 0.29) is 0 Å². The minimum Gasteiger partial charge on any atom is -0.472 e. The molecule has 0 amide bonds. The fourth-order valence-corrected chi connectivity index (χ4v) is 1.45. The fourth-order valence-electron chi connectivity index (χ4n) is 1.45. The van der Waals surface area contributed by atoms with Crippen molar-refractivity contribution < 1.29 is 4.74 Å². The smallest absolute Gasteiger partial charge is 0.0939 e. The monoisotopic (exact) mass is 134 g/mol. The van der Waals surface area contributed by atoms with Gasteiger partial charge in [0.15, 0.2) is 0 Å². The normalized spacial score (nSPS) is 28.7. The van der Waals surface area contributed by atoms with Gasteiger partial charge in [-0.1, -0.05) is 13.0 Å². The van der Waals surface area contributed by atoms with Crippen molar-refractivity contribution >= 4 is 0 Å². The minimum atomic E-state index is 0.688. The second-order valence-electron chi connectivity index (χ2n) is 2.89. The van der Waals surface area contributed by atoms with Gasteiger partial charge in [-0.25, -0.2) is 0 Å². The van der Waals surface area contributed by atoms with Crippen molar-refractivity contribution in [3.05, 3.63) is 35.8 Å². The highest BCUT2D eigenvalue weighted by Gasteiger charge is 2.17. The molecule has 1 nitrogen and oxygen atoms in total. The van der Waals surface area contributed by atoms with Gasteiger partial charge < -0.3 is 4.74 Å². The van der Waals surface area contributed by atoms with Gasteiger partial charge >= 0.3 is 0 Å². The molecule has 1 aliphatic carbocycles. The summed E-state index contributed by atoms with van der Waals surface area (Å²) in [5, 5.41) is 0. The Bertz CT molecular complexity index is 233. The first kappa shape index (κ1) is 5.78. The summed E-state index contributed by atoms with van der Waals surface area (Å²) >= 11 is 0. The van der Waals surface area contributed by atoms with Crippen molar-refractivity contribution in [2.45, 2.75) is 13.3 Å². The second-order valence-corrected chi connectivity index (χ2v) is 2.89. The summed E-state index contributed by atoms with van der Waals surface area (Å²) in [7, 11) is 0. The van der Waals surface area contributed by atoms with E-state index in [0.717, 1.165) is 6.42 Å². The molecule has 52 valence electrons. The summed E-state index contributed by atoms with van der Waals surface area (Å²) in [6.45, 7) is 2.22. The van der Waals surface area contributed by atoms with E-state index in [0.29, 0.717) is 5.92 Å². The van der Waals surface area contributed by atoms with Gasteiger partial charge in [0, 0.05) is 0 Å². The first-order valence-electron chi connectivity index (χ1n) is 3.59. The maximum Gasteiger partial charge on any atom is 0.0939 e. The third-order valence-corrected chi connectivity index (χ3v) is 1.91. The second kappa shape index (κ2) is 2.01. The number of fused-ring (bicyclic) bond motifs is 1. The van der Waals surface area contributed by atoms with Crippen LogP contribution in [0.5, 0.6) is 0 Å². The summed E-state index contributed by atoms with van der Waals surface area (Å²) < 4.78 is 5.05. The Morgan fingerprint density at radius 3 is 3.30 bits per heavy atom. The average molecular weight is 134 g/mol. The molecule has 0 radical (unpaired) electrons. The van der Waals surface area contributed by atoms with E-state index in [9.17, 15) is 0 Å². The molecular weight excluding hydrogens is 124 g/mol. The van der Waals surface area contributed by atoms with Gasteiger partial charge in [-0.2, -0.15) is 0 Å². The van der Waals surface area contributed by atoms with Crippen molar-refractivity contribution in [3.8, 4) is 0 Å². The van der Waals surface area contributed by atoms with E-state index in [2.05, 4.69) is 13.0 Å². The van der Waals surface area contributed by atoms with Crippen molar-refractivity contribution in [3.63, 3.8) is 0 Å². The Balaban J connectivity index is 2.34. The first-order valence-corrected chi connectivity index (χ1v) is 3.59. The molecule has 0 saturated heterocycles. The predicted molar refractivity (Wildman–Crippen MR) is 40.2 cm³/mol. The van der Waals surface area contributed by atoms with E-state index in [1.54, 1.807) is 6.26 Å². The molecule has 2 rings (SSSR count). The van der Waals surface area contributed by atoms with Gasteiger partial charge in [0.25, 0.3) is 0 Å². The molecule has 1 atom stereocenters. The lowest BCUT2D eigenvalue weighted by atomic mass is 10.1. The molecular formula is C9H10O. The number of allylic oxidation sites excluding steroid dienone is 4. The largest absolute Gasteiger partial charge is 0.472 e. The van der Waals surface area contributed by atoms with Gasteiger partial charge in [0.1, 0.15) is 0 Å². The number of rotatable bonds is 0. The van der Waals surface area contributed by atoms with E-state index < -0.39 is 0 Å². The zero-order chi connectivity index (χ0) is 6.97. The van der Waals surface area contributed by atoms with Crippen LogP contribution in [0.2, 0.25) is 0 Å². The molecule has 0 N–H and O–H groups in total. The standard InChI is InChI=1S/C9H10O/c1-7-4-8-2-3-10-6-9(8)5-7/h2-4,6-7H,5H2,1H3. The third kappa shape index (κ3) is 0.783. The van der Waals surface area contributed by atoms with E-state index >= 15 is 0 Å². The molecule has 0 spiro atoms. The van der Waals surface area contributed by atoms with Crippen LogP contribution in [0.25, 0.3) is 0 Å². The van der Waals surface area contributed by atoms with Crippen LogP contribution in [0.15, 0.2) is 35.8 Å². The molecule has 1 heteroatoms. The van der Waals surface area contributed by atoms with E-state index in [4.69, 9.17) is 4.74 Å². The Kier molecular flexibility index (Phi) is 1.16. The zero-order valence-electron chi connectivity index (χ0n) is 6.00. The molecule has 0 fully saturated rings. The number of hydrogen-bond acceptors (Lipinski definition) is 1. The van der Waals surface area contributed by atoms with Gasteiger partial charge in [-0.15, -0.1) is 0 Å². The summed E-state index contributed by atoms with van der Waals surface area (Å²) in [5.41, 5.74) is 2.69. The first-order chi connectivity index (χ1) is 4.86. The highest BCUT2D eigenvalue weighted by Crippen LogP contribution is 2.31. The lowest BCUT2D eigenvalue weighted by Crippen LogP contribution is -1.87. The molecule has 1 heterocycles. The quantitative estimate of drug-likeness (QED) is 0.494. The highest BCUT2D eigenvalue weighted by atomic mass is 16.5. The lowest BCUT2D eigenvalue weighted by Gasteiger charge is -2.04. The fraction of sp³-hybridized carbons (Fsp3) is 0.333.